The van der Waals surface area contributed by atoms with Crippen LogP contribution in [0.4, 0.5) is 18.9 Å². The topological polar surface area (TPSA) is 86.0 Å². The third-order valence-electron chi connectivity index (χ3n) is 6.30. The van der Waals surface area contributed by atoms with Crippen LogP contribution in [-0.4, -0.2) is 41.5 Å². The van der Waals surface area contributed by atoms with Crippen molar-refractivity contribution in [2.45, 2.75) is 37.5 Å². The molecule has 0 aromatic heterocycles. The summed E-state index contributed by atoms with van der Waals surface area (Å²) in [6.45, 7) is 0. The van der Waals surface area contributed by atoms with E-state index in [2.05, 4.69) is 9.84 Å². The van der Waals surface area contributed by atoms with E-state index < -0.39 is 23.7 Å². The second kappa shape index (κ2) is 9.06. The predicted molar refractivity (Wildman–Crippen MR) is 122 cm³/mol. The number of benzene rings is 2. The molecule has 0 spiro atoms. The van der Waals surface area contributed by atoms with Crippen molar-refractivity contribution >= 4 is 23.2 Å². The lowest BCUT2D eigenvalue weighted by Gasteiger charge is -2.39. The number of hydrogen-bond donors (Lipinski definition) is 2. The number of hydrazone groups is 1. The average molecular weight is 471 g/mol. The maximum atomic E-state index is 14.2. The number of ether oxygens (including phenoxy) is 1. The number of halogens is 3. The second-order valence-corrected chi connectivity index (χ2v) is 8.26. The van der Waals surface area contributed by atoms with Gasteiger partial charge in [-0.3, -0.25) is 5.41 Å². The van der Waals surface area contributed by atoms with Crippen LogP contribution in [-0.2, 0) is 9.53 Å². The Morgan fingerprint density at radius 2 is 1.71 bits per heavy atom. The minimum atomic E-state index is -5.27. The Kier molecular flexibility index (Phi) is 6.31. The number of amidine groups is 1. The summed E-state index contributed by atoms with van der Waals surface area (Å²) in [4.78, 5) is 12.3. The molecule has 2 N–H and O–H groups in total. The molecule has 4 rings (SSSR count). The van der Waals surface area contributed by atoms with Crippen molar-refractivity contribution in [1.29, 1.82) is 5.41 Å². The lowest BCUT2D eigenvalue weighted by Crippen LogP contribution is -2.59. The van der Waals surface area contributed by atoms with Gasteiger partial charge < -0.3 is 9.84 Å². The molecule has 1 heterocycles. The summed E-state index contributed by atoms with van der Waals surface area (Å²) in [7, 11) is 0.820. The monoisotopic (exact) mass is 471 g/mol. The molecule has 2 atom stereocenters. The number of nitrogens with zero attached hydrogens (tertiary/aromatic N) is 2. The van der Waals surface area contributed by atoms with E-state index in [1.54, 1.807) is 60.7 Å². The van der Waals surface area contributed by atoms with E-state index in [-0.39, 0.29) is 29.8 Å². The van der Waals surface area contributed by atoms with Crippen LogP contribution in [0.15, 0.2) is 76.9 Å². The molecule has 0 radical (unpaired) electrons. The number of nitrogens with one attached hydrogen (secondary N) is 1. The number of alkyl halides is 3. The number of carbonyl (C=O) groups excluding carboxylic acids is 1. The Morgan fingerprint density at radius 3 is 2.29 bits per heavy atom. The van der Waals surface area contributed by atoms with Crippen molar-refractivity contribution < 1.29 is 27.8 Å². The summed E-state index contributed by atoms with van der Waals surface area (Å²) < 4.78 is 46.9. The summed E-state index contributed by atoms with van der Waals surface area (Å²) in [6.07, 6.45) is -4.20. The zero-order valence-electron chi connectivity index (χ0n) is 18.5. The van der Waals surface area contributed by atoms with Gasteiger partial charge >= 0.3 is 12.1 Å². The fourth-order valence-electron chi connectivity index (χ4n) is 4.66. The molecule has 34 heavy (non-hydrogen) atoms. The minimum absolute atomic E-state index is 0.0787. The van der Waals surface area contributed by atoms with Gasteiger partial charge in [-0.2, -0.15) is 18.3 Å². The smallest absolute Gasteiger partial charge is 0.428 e. The third-order valence-corrected chi connectivity index (χ3v) is 6.30. The van der Waals surface area contributed by atoms with Crippen LogP contribution in [0.1, 0.15) is 31.2 Å². The van der Waals surface area contributed by atoms with Crippen molar-refractivity contribution in [3.05, 3.63) is 77.4 Å². The number of anilines is 1. The molecular formula is C25H24F3N3O3. The maximum Gasteiger partial charge on any atom is 0.428 e. The van der Waals surface area contributed by atoms with Crippen molar-refractivity contribution in [2.24, 2.45) is 11.0 Å². The largest absolute Gasteiger partial charge is 0.467 e. The van der Waals surface area contributed by atoms with Crippen LogP contribution in [0.2, 0.25) is 0 Å². The standard InChI is InChI=1S/C25H24F3N3O3/c1-34-23(32)24(33,25(26,27)28)19-15-9-8-14-18(19)20-21(16-10-4-2-5-11-16)30-31(22(20)29)17-12-6-3-7-13-17/h2-7,10-13,19,29,33H,8-9,14-15H2,1H3/b20-18-,29-22?/t19?,24-/m0/s1. The molecule has 2 aliphatic rings. The molecule has 0 bridgehead atoms. The second-order valence-electron chi connectivity index (χ2n) is 8.26. The molecule has 1 saturated carbocycles. The first-order valence-corrected chi connectivity index (χ1v) is 10.9. The lowest BCUT2D eigenvalue weighted by molar-refractivity contribution is -0.275. The highest BCUT2D eigenvalue weighted by Gasteiger charge is 2.66. The SMILES string of the molecule is COC(=O)[C@@](O)(C1CCCC/C1=C1/C(=N)N(c2ccccc2)N=C1c1ccccc1)C(F)(F)F. The van der Waals surface area contributed by atoms with Gasteiger partial charge in [0.1, 0.15) is 5.71 Å². The van der Waals surface area contributed by atoms with Gasteiger partial charge in [-0.1, -0.05) is 55.0 Å². The number of para-hydroxylation sites is 1. The highest BCUT2D eigenvalue weighted by Crippen LogP contribution is 2.48. The van der Waals surface area contributed by atoms with Gasteiger partial charge in [0.15, 0.2) is 5.84 Å². The molecule has 2 aromatic carbocycles. The van der Waals surface area contributed by atoms with Crippen LogP contribution in [0, 0.1) is 11.3 Å². The quantitative estimate of drug-likeness (QED) is 0.625. The summed E-state index contributed by atoms with van der Waals surface area (Å²) >= 11 is 0. The summed E-state index contributed by atoms with van der Waals surface area (Å²) in [5, 5.41) is 25.7. The molecule has 6 nitrogen and oxygen atoms in total. The lowest BCUT2D eigenvalue weighted by atomic mass is 9.70. The predicted octanol–water partition coefficient (Wildman–Crippen LogP) is 4.84. The Morgan fingerprint density at radius 1 is 1.09 bits per heavy atom. The number of esters is 1. The first-order chi connectivity index (χ1) is 16.2. The van der Waals surface area contributed by atoms with Crippen LogP contribution < -0.4 is 5.01 Å². The van der Waals surface area contributed by atoms with Gasteiger partial charge in [0.05, 0.1) is 12.8 Å². The molecule has 1 aliphatic carbocycles. The van der Waals surface area contributed by atoms with E-state index in [0.29, 0.717) is 29.8 Å². The van der Waals surface area contributed by atoms with E-state index in [9.17, 15) is 23.1 Å². The zero-order valence-corrected chi connectivity index (χ0v) is 18.5. The summed E-state index contributed by atoms with van der Waals surface area (Å²) in [6, 6.07) is 17.7. The molecule has 0 amide bonds. The van der Waals surface area contributed by atoms with Gasteiger partial charge in [-0.15, -0.1) is 0 Å². The summed E-state index contributed by atoms with van der Waals surface area (Å²) in [5.74, 6) is -3.47. The molecular weight excluding hydrogens is 447 g/mol. The van der Waals surface area contributed by atoms with Crippen molar-refractivity contribution in [3.8, 4) is 0 Å². The Balaban J connectivity index is 1.94. The van der Waals surface area contributed by atoms with Gasteiger partial charge in [-0.05, 0) is 37.0 Å². The van der Waals surface area contributed by atoms with Gasteiger partial charge in [0.2, 0.25) is 0 Å². The molecule has 0 saturated heterocycles. The minimum Gasteiger partial charge on any atom is -0.467 e. The van der Waals surface area contributed by atoms with Crippen LogP contribution in [0.25, 0.3) is 0 Å². The van der Waals surface area contributed by atoms with Gasteiger partial charge in [-0.25, -0.2) is 9.80 Å². The number of carbonyl (C=O) groups is 1. The first kappa shape index (κ1) is 23.7. The fraction of sp³-hybridized carbons (Fsp3) is 0.320. The number of rotatable bonds is 4. The van der Waals surface area contributed by atoms with E-state index >= 15 is 0 Å². The number of aliphatic hydroxyl groups is 1. The molecule has 1 unspecified atom stereocenters. The van der Waals surface area contributed by atoms with Gasteiger partial charge in [0.25, 0.3) is 5.60 Å². The highest BCUT2D eigenvalue weighted by atomic mass is 19.4. The van der Waals surface area contributed by atoms with Crippen molar-refractivity contribution in [1.82, 2.24) is 0 Å². The maximum absolute atomic E-state index is 14.2. The van der Waals surface area contributed by atoms with E-state index in [0.717, 1.165) is 7.11 Å². The van der Waals surface area contributed by atoms with Crippen molar-refractivity contribution in [2.75, 3.05) is 12.1 Å². The van der Waals surface area contributed by atoms with E-state index in [4.69, 9.17) is 5.41 Å². The molecule has 178 valence electrons. The van der Waals surface area contributed by atoms with Gasteiger partial charge in [0, 0.05) is 17.1 Å². The average Bonchev–Trinajstić information content (AvgIpc) is 3.20. The molecule has 2 aromatic rings. The zero-order chi connectivity index (χ0) is 24.5. The fourth-order valence-corrected chi connectivity index (χ4v) is 4.66. The summed E-state index contributed by atoms with van der Waals surface area (Å²) in [5.41, 5.74) is -1.83. The normalized spacial score (nSPS) is 22.9. The van der Waals surface area contributed by atoms with E-state index in [1.165, 1.54) is 5.01 Å². The molecule has 1 fully saturated rings. The van der Waals surface area contributed by atoms with Crippen LogP contribution in [0.3, 0.4) is 0 Å². The molecule has 1 aliphatic heterocycles. The Hall–Kier alpha value is -3.46. The van der Waals surface area contributed by atoms with Crippen LogP contribution >= 0.6 is 0 Å². The van der Waals surface area contributed by atoms with Crippen LogP contribution in [0.5, 0.6) is 0 Å². The highest BCUT2D eigenvalue weighted by molar-refractivity contribution is 6.36. The first-order valence-electron chi connectivity index (χ1n) is 10.9. The third kappa shape index (κ3) is 3.90. The Labute approximate surface area is 194 Å². The molecule has 9 heteroatoms. The number of methoxy groups -OCH3 is 1. The Bertz CT molecular complexity index is 1150. The van der Waals surface area contributed by atoms with E-state index in [1.807, 2.05) is 0 Å². The number of hydrogen-bond acceptors (Lipinski definition) is 5. The van der Waals surface area contributed by atoms with Crippen molar-refractivity contribution in [3.63, 3.8) is 0 Å².